The van der Waals surface area contributed by atoms with Gasteiger partial charge in [0.25, 0.3) is 0 Å². The van der Waals surface area contributed by atoms with Crippen LogP contribution in [0.4, 0.5) is 11.8 Å². The van der Waals surface area contributed by atoms with E-state index in [9.17, 15) is 4.21 Å². The summed E-state index contributed by atoms with van der Waals surface area (Å²) in [4.78, 5) is 8.48. The van der Waals surface area contributed by atoms with Crippen molar-refractivity contribution < 1.29 is 4.21 Å². The Hall–Kier alpha value is -0.690. The van der Waals surface area contributed by atoms with Gasteiger partial charge in [0.15, 0.2) is 0 Å². The fraction of sp³-hybridized carbons (Fsp3) is 0.600. The van der Waals surface area contributed by atoms with Crippen molar-refractivity contribution in [2.75, 3.05) is 35.7 Å². The van der Waals surface area contributed by atoms with Crippen LogP contribution in [0.3, 0.4) is 0 Å². The summed E-state index contributed by atoms with van der Waals surface area (Å²) in [5.41, 5.74) is 0. The van der Waals surface area contributed by atoms with Gasteiger partial charge in [0, 0.05) is 42.1 Å². The highest BCUT2D eigenvalue weighted by atomic mass is 79.9. The van der Waals surface area contributed by atoms with Crippen molar-refractivity contribution in [2.45, 2.75) is 13.3 Å². The molecule has 1 rings (SSSR count). The Morgan fingerprint density at radius 1 is 1.41 bits per heavy atom. The SMILES string of the molecule is CCCNc1ncc(Br)c(NCCS(C)=O)n1. The maximum absolute atomic E-state index is 10.9. The molecule has 1 atom stereocenters. The molecule has 0 aliphatic carbocycles. The quantitative estimate of drug-likeness (QED) is 0.802. The predicted octanol–water partition coefficient (Wildman–Crippen LogP) is 1.85. The fourth-order valence-corrected chi connectivity index (χ4v) is 1.85. The zero-order valence-electron chi connectivity index (χ0n) is 9.99. The first-order valence-electron chi connectivity index (χ1n) is 5.43. The van der Waals surface area contributed by atoms with Crippen molar-refractivity contribution in [2.24, 2.45) is 0 Å². The van der Waals surface area contributed by atoms with E-state index in [4.69, 9.17) is 0 Å². The number of hydrogen-bond donors (Lipinski definition) is 2. The molecule has 5 nitrogen and oxygen atoms in total. The van der Waals surface area contributed by atoms with Crippen molar-refractivity contribution in [3.05, 3.63) is 10.7 Å². The van der Waals surface area contributed by atoms with Crippen molar-refractivity contribution >= 4 is 38.5 Å². The topological polar surface area (TPSA) is 66.9 Å². The molecule has 0 saturated heterocycles. The van der Waals surface area contributed by atoms with E-state index in [-0.39, 0.29) is 0 Å². The van der Waals surface area contributed by atoms with Gasteiger partial charge in [0.2, 0.25) is 5.95 Å². The first-order chi connectivity index (χ1) is 8.13. The van der Waals surface area contributed by atoms with E-state index in [0.29, 0.717) is 18.2 Å². The average Bonchev–Trinajstić information content (AvgIpc) is 2.29. The lowest BCUT2D eigenvalue weighted by atomic mass is 10.5. The minimum Gasteiger partial charge on any atom is -0.368 e. The maximum atomic E-state index is 10.9. The zero-order chi connectivity index (χ0) is 12.7. The first-order valence-corrected chi connectivity index (χ1v) is 7.95. The fourth-order valence-electron chi connectivity index (χ4n) is 1.13. The van der Waals surface area contributed by atoms with Crippen LogP contribution in [-0.2, 0) is 10.8 Å². The van der Waals surface area contributed by atoms with Crippen molar-refractivity contribution in [1.82, 2.24) is 9.97 Å². The molecule has 0 aliphatic heterocycles. The van der Waals surface area contributed by atoms with Gasteiger partial charge >= 0.3 is 0 Å². The lowest BCUT2D eigenvalue weighted by molar-refractivity contribution is 0.687. The summed E-state index contributed by atoms with van der Waals surface area (Å²) >= 11 is 3.37. The summed E-state index contributed by atoms with van der Waals surface area (Å²) in [6.45, 7) is 3.56. The maximum Gasteiger partial charge on any atom is 0.224 e. The summed E-state index contributed by atoms with van der Waals surface area (Å²) < 4.78 is 11.7. The van der Waals surface area contributed by atoms with Crippen LogP contribution in [0.1, 0.15) is 13.3 Å². The van der Waals surface area contributed by atoms with Gasteiger partial charge in [-0.15, -0.1) is 0 Å². The van der Waals surface area contributed by atoms with Gasteiger partial charge in [0.1, 0.15) is 5.82 Å². The van der Waals surface area contributed by atoms with E-state index in [2.05, 4.69) is 43.5 Å². The Bertz CT molecular complexity index is 389. The number of nitrogens with zero attached hydrogens (tertiary/aromatic N) is 2. The molecule has 0 aromatic carbocycles. The summed E-state index contributed by atoms with van der Waals surface area (Å²) in [6.07, 6.45) is 4.41. The Labute approximate surface area is 112 Å². The standard InChI is InChI=1S/C10H17BrN4OS/c1-3-4-13-10-14-7-8(11)9(15-10)12-5-6-17(2)16/h7H,3-6H2,1-2H3,(H2,12,13,14,15). The second-order valence-electron chi connectivity index (χ2n) is 3.52. The van der Waals surface area contributed by atoms with E-state index >= 15 is 0 Å². The molecule has 1 heterocycles. The summed E-state index contributed by atoms with van der Waals surface area (Å²) in [7, 11) is -0.793. The Morgan fingerprint density at radius 2 is 2.18 bits per heavy atom. The lowest BCUT2D eigenvalue weighted by Crippen LogP contribution is -2.13. The van der Waals surface area contributed by atoms with Crippen molar-refractivity contribution in [3.8, 4) is 0 Å². The number of rotatable bonds is 7. The molecule has 0 saturated carbocycles. The second-order valence-corrected chi connectivity index (χ2v) is 5.93. The van der Waals surface area contributed by atoms with Crippen LogP contribution in [-0.4, -0.2) is 39.3 Å². The Balaban J connectivity index is 2.59. The van der Waals surface area contributed by atoms with Crippen LogP contribution >= 0.6 is 15.9 Å². The molecule has 7 heteroatoms. The number of anilines is 2. The average molecular weight is 321 g/mol. The highest BCUT2D eigenvalue weighted by Gasteiger charge is 2.04. The van der Waals surface area contributed by atoms with Crippen LogP contribution in [0, 0.1) is 0 Å². The normalized spacial score (nSPS) is 12.2. The summed E-state index contributed by atoms with van der Waals surface area (Å²) in [5, 5.41) is 6.25. The van der Waals surface area contributed by atoms with E-state index in [1.54, 1.807) is 12.5 Å². The number of aromatic nitrogens is 2. The third kappa shape index (κ3) is 5.45. The number of halogens is 1. The molecule has 0 radical (unpaired) electrons. The molecule has 0 aliphatic rings. The van der Waals surface area contributed by atoms with Crippen LogP contribution in [0.2, 0.25) is 0 Å². The molecule has 2 N–H and O–H groups in total. The number of hydrogen-bond acceptors (Lipinski definition) is 5. The van der Waals surface area contributed by atoms with Crippen LogP contribution in [0.15, 0.2) is 10.7 Å². The molecule has 0 spiro atoms. The molecular formula is C10H17BrN4OS. The summed E-state index contributed by atoms with van der Waals surface area (Å²) in [6, 6.07) is 0. The van der Waals surface area contributed by atoms with Gasteiger partial charge in [-0.3, -0.25) is 4.21 Å². The Kier molecular flexibility index (Phi) is 6.43. The largest absolute Gasteiger partial charge is 0.368 e. The van der Waals surface area contributed by atoms with Crippen molar-refractivity contribution in [3.63, 3.8) is 0 Å². The highest BCUT2D eigenvalue weighted by Crippen LogP contribution is 2.19. The van der Waals surface area contributed by atoms with Gasteiger partial charge in [-0.2, -0.15) is 4.98 Å². The predicted molar refractivity (Wildman–Crippen MR) is 75.9 cm³/mol. The van der Waals surface area contributed by atoms with Crippen LogP contribution in [0.25, 0.3) is 0 Å². The minimum atomic E-state index is -0.793. The molecule has 17 heavy (non-hydrogen) atoms. The van der Waals surface area contributed by atoms with Gasteiger partial charge in [-0.25, -0.2) is 4.98 Å². The third-order valence-electron chi connectivity index (χ3n) is 1.96. The van der Waals surface area contributed by atoms with Crippen LogP contribution in [0.5, 0.6) is 0 Å². The van der Waals surface area contributed by atoms with Crippen molar-refractivity contribution in [1.29, 1.82) is 0 Å². The third-order valence-corrected chi connectivity index (χ3v) is 3.32. The summed E-state index contributed by atoms with van der Waals surface area (Å²) in [5.74, 6) is 1.94. The van der Waals surface area contributed by atoms with Gasteiger partial charge in [0.05, 0.1) is 4.47 Å². The zero-order valence-corrected chi connectivity index (χ0v) is 12.4. The monoisotopic (exact) mass is 320 g/mol. The molecule has 1 aromatic heterocycles. The molecule has 0 amide bonds. The van der Waals surface area contributed by atoms with Gasteiger partial charge in [-0.05, 0) is 22.4 Å². The highest BCUT2D eigenvalue weighted by molar-refractivity contribution is 9.10. The van der Waals surface area contributed by atoms with Gasteiger partial charge in [-0.1, -0.05) is 6.92 Å². The molecule has 1 unspecified atom stereocenters. The number of nitrogens with one attached hydrogen (secondary N) is 2. The van der Waals surface area contributed by atoms with E-state index in [1.165, 1.54) is 0 Å². The molecule has 1 aromatic rings. The minimum absolute atomic E-state index is 0.605. The molecule has 96 valence electrons. The smallest absolute Gasteiger partial charge is 0.224 e. The van der Waals surface area contributed by atoms with E-state index in [0.717, 1.165) is 23.3 Å². The Morgan fingerprint density at radius 3 is 2.82 bits per heavy atom. The molecule has 0 bridgehead atoms. The molecule has 0 fully saturated rings. The van der Waals surface area contributed by atoms with E-state index < -0.39 is 10.8 Å². The second kappa shape index (κ2) is 7.60. The first kappa shape index (κ1) is 14.4. The lowest BCUT2D eigenvalue weighted by Gasteiger charge is -2.09. The van der Waals surface area contributed by atoms with Crippen LogP contribution < -0.4 is 10.6 Å². The molecular weight excluding hydrogens is 304 g/mol. The van der Waals surface area contributed by atoms with E-state index in [1.807, 2.05) is 0 Å². The van der Waals surface area contributed by atoms with Gasteiger partial charge < -0.3 is 10.6 Å².